The van der Waals surface area contributed by atoms with Crippen molar-refractivity contribution in [2.45, 2.75) is 44.3 Å². The molecule has 2 fully saturated rings. The first-order valence-corrected chi connectivity index (χ1v) is 8.60. The smallest absolute Gasteiger partial charge is 0.123 e. The summed E-state index contributed by atoms with van der Waals surface area (Å²) in [6, 6.07) is 9.57. The highest BCUT2D eigenvalue weighted by Gasteiger charge is 2.27. The lowest BCUT2D eigenvalue weighted by atomic mass is 9.98. The number of benzene rings is 1. The third-order valence-corrected chi connectivity index (χ3v) is 5.23. The molecule has 0 unspecified atom stereocenters. The van der Waals surface area contributed by atoms with Crippen LogP contribution in [0.25, 0.3) is 0 Å². The van der Waals surface area contributed by atoms with Gasteiger partial charge < -0.3 is 15.4 Å². The molecule has 4 heteroatoms. The topological polar surface area (TPSA) is 41.7 Å². The minimum absolute atomic E-state index is 0.432. The maximum atomic E-state index is 6.02. The van der Waals surface area contributed by atoms with Crippen LogP contribution in [0.3, 0.4) is 0 Å². The lowest BCUT2D eigenvalue weighted by molar-refractivity contribution is 0.0848. The first-order chi connectivity index (χ1) is 10.8. The number of hydrogen-bond acceptors (Lipinski definition) is 4. The molecule has 4 nitrogen and oxygen atoms in total. The zero-order valence-electron chi connectivity index (χ0n) is 13.7. The van der Waals surface area contributed by atoms with Crippen LogP contribution in [-0.2, 0) is 6.54 Å². The highest BCUT2D eigenvalue weighted by Crippen LogP contribution is 2.24. The molecule has 0 saturated carbocycles. The molecule has 0 radical (unpaired) electrons. The van der Waals surface area contributed by atoms with Gasteiger partial charge in [-0.15, -0.1) is 0 Å². The number of hydrogen-bond donors (Lipinski definition) is 1. The molecule has 0 atom stereocenters. The molecule has 2 N–H and O–H groups in total. The number of rotatable bonds is 4. The highest BCUT2D eigenvalue weighted by molar-refractivity contribution is 5.33. The third-order valence-electron chi connectivity index (χ3n) is 5.23. The summed E-state index contributed by atoms with van der Waals surface area (Å²) in [6.07, 6.45) is 4.90. The van der Waals surface area contributed by atoms with Crippen LogP contribution >= 0.6 is 0 Å². The molecule has 0 amide bonds. The summed E-state index contributed by atoms with van der Waals surface area (Å²) in [5, 5.41) is 0. The largest absolute Gasteiger partial charge is 0.496 e. The van der Waals surface area contributed by atoms with Crippen LogP contribution < -0.4 is 10.5 Å². The van der Waals surface area contributed by atoms with Crippen molar-refractivity contribution in [3.05, 3.63) is 29.8 Å². The average molecular weight is 303 g/mol. The Bertz CT molecular complexity index is 463. The van der Waals surface area contributed by atoms with Crippen molar-refractivity contribution in [3.8, 4) is 5.75 Å². The summed E-state index contributed by atoms with van der Waals surface area (Å²) < 4.78 is 5.47. The molecule has 2 aliphatic rings. The summed E-state index contributed by atoms with van der Waals surface area (Å²) >= 11 is 0. The second-order valence-electron chi connectivity index (χ2n) is 6.69. The fourth-order valence-electron chi connectivity index (χ4n) is 3.80. The average Bonchev–Trinajstić information content (AvgIpc) is 2.57. The van der Waals surface area contributed by atoms with Crippen LogP contribution in [0, 0.1) is 0 Å². The van der Waals surface area contributed by atoms with Crippen molar-refractivity contribution in [1.82, 2.24) is 9.80 Å². The van der Waals surface area contributed by atoms with E-state index in [1.807, 2.05) is 6.07 Å². The molecular formula is C18H29N3O. The quantitative estimate of drug-likeness (QED) is 0.925. The number of nitrogens with zero attached hydrogens (tertiary/aromatic N) is 2. The summed E-state index contributed by atoms with van der Waals surface area (Å²) in [4.78, 5) is 5.23. The minimum Gasteiger partial charge on any atom is -0.496 e. The molecule has 0 bridgehead atoms. The van der Waals surface area contributed by atoms with Gasteiger partial charge in [-0.3, -0.25) is 4.90 Å². The predicted molar refractivity (Wildman–Crippen MR) is 90.1 cm³/mol. The van der Waals surface area contributed by atoms with Gasteiger partial charge in [0.1, 0.15) is 5.75 Å². The highest BCUT2D eigenvalue weighted by atomic mass is 16.5. The van der Waals surface area contributed by atoms with Gasteiger partial charge in [0, 0.05) is 24.2 Å². The van der Waals surface area contributed by atoms with Crippen molar-refractivity contribution < 1.29 is 4.74 Å². The van der Waals surface area contributed by atoms with E-state index in [1.54, 1.807) is 7.11 Å². The molecular weight excluding hydrogens is 274 g/mol. The van der Waals surface area contributed by atoms with Gasteiger partial charge >= 0.3 is 0 Å². The van der Waals surface area contributed by atoms with E-state index in [0.717, 1.165) is 18.3 Å². The molecule has 122 valence electrons. The SMILES string of the molecule is COc1ccccc1CN1CCC(N2CCC(N)CC2)CC1. The predicted octanol–water partition coefficient (Wildman–Crippen LogP) is 2.08. The molecule has 3 rings (SSSR count). The minimum atomic E-state index is 0.432. The van der Waals surface area contributed by atoms with E-state index in [9.17, 15) is 0 Å². The number of piperidine rings is 2. The molecule has 0 spiro atoms. The Morgan fingerprint density at radius 2 is 1.73 bits per heavy atom. The lowest BCUT2D eigenvalue weighted by Gasteiger charge is -2.41. The fraction of sp³-hybridized carbons (Fsp3) is 0.667. The van der Waals surface area contributed by atoms with Crippen LogP contribution in [0.5, 0.6) is 5.75 Å². The van der Waals surface area contributed by atoms with Gasteiger partial charge in [0.2, 0.25) is 0 Å². The van der Waals surface area contributed by atoms with Crippen LogP contribution in [0.4, 0.5) is 0 Å². The van der Waals surface area contributed by atoms with E-state index in [0.29, 0.717) is 6.04 Å². The molecule has 1 aromatic rings. The second kappa shape index (κ2) is 7.44. The normalized spacial score (nSPS) is 22.8. The van der Waals surface area contributed by atoms with E-state index in [1.165, 1.54) is 57.4 Å². The maximum absolute atomic E-state index is 6.02. The molecule has 2 saturated heterocycles. The van der Waals surface area contributed by atoms with Gasteiger partial charge in [0.15, 0.2) is 0 Å². The zero-order chi connectivity index (χ0) is 15.4. The van der Waals surface area contributed by atoms with E-state index in [-0.39, 0.29) is 0 Å². The van der Waals surface area contributed by atoms with Crippen LogP contribution in [0.15, 0.2) is 24.3 Å². The Balaban J connectivity index is 1.49. The van der Waals surface area contributed by atoms with Gasteiger partial charge in [-0.2, -0.15) is 0 Å². The van der Waals surface area contributed by atoms with Gasteiger partial charge in [-0.05, 0) is 57.9 Å². The van der Waals surface area contributed by atoms with Crippen molar-refractivity contribution in [3.63, 3.8) is 0 Å². The molecule has 0 aliphatic carbocycles. The van der Waals surface area contributed by atoms with E-state index >= 15 is 0 Å². The summed E-state index contributed by atoms with van der Waals surface area (Å²) in [5.41, 5.74) is 7.31. The Morgan fingerprint density at radius 3 is 2.41 bits per heavy atom. The number of likely N-dealkylation sites (tertiary alicyclic amines) is 2. The number of nitrogens with two attached hydrogens (primary N) is 1. The Morgan fingerprint density at radius 1 is 1.05 bits per heavy atom. The number of methoxy groups -OCH3 is 1. The van der Waals surface area contributed by atoms with Gasteiger partial charge in [-0.1, -0.05) is 18.2 Å². The van der Waals surface area contributed by atoms with Crippen molar-refractivity contribution in [1.29, 1.82) is 0 Å². The maximum Gasteiger partial charge on any atom is 0.123 e. The molecule has 22 heavy (non-hydrogen) atoms. The monoisotopic (exact) mass is 303 g/mol. The molecule has 2 aliphatic heterocycles. The first kappa shape index (κ1) is 15.8. The van der Waals surface area contributed by atoms with Gasteiger partial charge in [0.05, 0.1) is 7.11 Å². The summed E-state index contributed by atoms with van der Waals surface area (Å²) in [6.45, 7) is 5.76. The van der Waals surface area contributed by atoms with Crippen molar-refractivity contribution in [2.24, 2.45) is 5.73 Å². The Labute approximate surface area is 134 Å². The second-order valence-corrected chi connectivity index (χ2v) is 6.69. The van der Waals surface area contributed by atoms with Crippen LogP contribution in [-0.4, -0.2) is 55.2 Å². The fourth-order valence-corrected chi connectivity index (χ4v) is 3.80. The van der Waals surface area contributed by atoms with Crippen LogP contribution in [0.1, 0.15) is 31.2 Å². The van der Waals surface area contributed by atoms with E-state index in [2.05, 4.69) is 28.0 Å². The molecule has 2 heterocycles. The first-order valence-electron chi connectivity index (χ1n) is 8.60. The van der Waals surface area contributed by atoms with E-state index in [4.69, 9.17) is 10.5 Å². The number of para-hydroxylation sites is 1. The van der Waals surface area contributed by atoms with Crippen molar-refractivity contribution in [2.75, 3.05) is 33.3 Å². The molecule has 1 aromatic carbocycles. The Kier molecular flexibility index (Phi) is 5.34. The summed E-state index contributed by atoms with van der Waals surface area (Å²) in [5.74, 6) is 1.01. The molecule has 0 aromatic heterocycles. The zero-order valence-corrected chi connectivity index (χ0v) is 13.7. The lowest BCUT2D eigenvalue weighted by Crippen LogP contribution is -2.49. The van der Waals surface area contributed by atoms with Crippen molar-refractivity contribution >= 4 is 0 Å². The number of ether oxygens (including phenoxy) is 1. The standard InChI is InChI=1S/C18H29N3O/c1-22-18-5-3-2-4-15(18)14-20-10-8-17(9-11-20)21-12-6-16(19)7-13-21/h2-5,16-17H,6-14,19H2,1H3. The van der Waals surface area contributed by atoms with Crippen LogP contribution in [0.2, 0.25) is 0 Å². The summed E-state index contributed by atoms with van der Waals surface area (Å²) in [7, 11) is 1.76. The van der Waals surface area contributed by atoms with Gasteiger partial charge in [0.25, 0.3) is 0 Å². The van der Waals surface area contributed by atoms with E-state index < -0.39 is 0 Å². The third kappa shape index (κ3) is 3.80. The Hall–Kier alpha value is -1.10. The van der Waals surface area contributed by atoms with Gasteiger partial charge in [-0.25, -0.2) is 0 Å².